The fraction of sp³-hybridized carbons (Fsp3) is 0.692. The van der Waals surface area contributed by atoms with Crippen molar-refractivity contribution in [2.75, 3.05) is 24.6 Å². The molecule has 2 heterocycles. The fourth-order valence-corrected chi connectivity index (χ4v) is 2.84. The third-order valence-corrected chi connectivity index (χ3v) is 4.24. The number of rotatable bonds is 3. The maximum absolute atomic E-state index is 9.17. The Labute approximate surface area is 116 Å². The second-order valence-corrected chi connectivity index (χ2v) is 6.11. The molecule has 5 heteroatoms. The van der Waals surface area contributed by atoms with Crippen molar-refractivity contribution in [1.82, 2.24) is 9.97 Å². The van der Waals surface area contributed by atoms with Gasteiger partial charge in [0, 0.05) is 31.7 Å². The first-order valence-corrected chi connectivity index (χ1v) is 7.46. The number of nitrogens with zero attached hydrogens (tertiary/aromatic N) is 3. The van der Waals surface area contributed by atoms with E-state index in [4.69, 9.17) is 10.1 Å². The molecule has 2 fully saturated rings. The minimum Gasteiger partial charge on any atom is -0.396 e. The van der Waals surface area contributed by atoms with Crippen LogP contribution < -0.4 is 4.90 Å². The van der Waals surface area contributed by atoms with Crippen LogP contribution in [0.2, 0.25) is 0 Å². The van der Waals surface area contributed by atoms with Crippen LogP contribution in [0.15, 0.2) is 10.7 Å². The molecule has 1 N–H and O–H groups in total. The van der Waals surface area contributed by atoms with E-state index >= 15 is 0 Å². The van der Waals surface area contributed by atoms with Gasteiger partial charge in [-0.15, -0.1) is 0 Å². The Morgan fingerprint density at radius 1 is 1.22 bits per heavy atom. The zero-order chi connectivity index (χ0) is 12.5. The summed E-state index contributed by atoms with van der Waals surface area (Å²) in [5.41, 5.74) is 0. The summed E-state index contributed by atoms with van der Waals surface area (Å²) in [6.45, 7) is 2.28. The summed E-state index contributed by atoms with van der Waals surface area (Å²) in [5, 5.41) is 9.17. The van der Waals surface area contributed by atoms with E-state index in [-0.39, 0.29) is 0 Å². The van der Waals surface area contributed by atoms with Gasteiger partial charge in [0.25, 0.3) is 0 Å². The first-order chi connectivity index (χ1) is 8.76. The predicted octanol–water partition coefficient (Wildman–Crippen LogP) is 2.33. The second-order valence-electron chi connectivity index (χ2n) is 5.29. The molecular weight excluding hydrogens is 294 g/mol. The molecule has 1 aromatic rings. The molecule has 1 saturated heterocycles. The number of aromatic nitrogens is 2. The van der Waals surface area contributed by atoms with Crippen LogP contribution in [0.1, 0.15) is 37.4 Å². The summed E-state index contributed by atoms with van der Waals surface area (Å²) >= 11 is 3.48. The van der Waals surface area contributed by atoms with E-state index in [1.165, 1.54) is 12.8 Å². The van der Waals surface area contributed by atoms with Crippen LogP contribution in [0.5, 0.6) is 0 Å². The van der Waals surface area contributed by atoms with Crippen molar-refractivity contribution in [2.45, 2.75) is 31.6 Å². The van der Waals surface area contributed by atoms with Gasteiger partial charge in [-0.25, -0.2) is 9.97 Å². The Balaban J connectivity index is 1.75. The molecule has 98 valence electrons. The minimum absolute atomic E-state index is 0.314. The number of hydrogen-bond acceptors (Lipinski definition) is 4. The van der Waals surface area contributed by atoms with Gasteiger partial charge in [0.05, 0.1) is 0 Å². The summed E-state index contributed by atoms with van der Waals surface area (Å²) in [6.07, 6.45) is 4.55. The van der Waals surface area contributed by atoms with Crippen LogP contribution in [-0.2, 0) is 0 Å². The number of hydrogen-bond donors (Lipinski definition) is 1. The quantitative estimate of drug-likeness (QED) is 0.870. The Hall–Kier alpha value is -0.680. The molecule has 0 atom stereocenters. The average molecular weight is 312 g/mol. The van der Waals surface area contributed by atoms with E-state index < -0.39 is 0 Å². The van der Waals surface area contributed by atoms with E-state index in [1.54, 1.807) is 0 Å². The summed E-state index contributed by atoms with van der Waals surface area (Å²) < 4.78 is 0.888. The Kier molecular flexibility index (Phi) is 3.52. The monoisotopic (exact) mass is 311 g/mol. The smallest absolute Gasteiger partial charge is 0.135 e. The molecule has 0 spiro atoms. The summed E-state index contributed by atoms with van der Waals surface area (Å²) in [6, 6.07) is 2.01. The Morgan fingerprint density at radius 2 is 1.94 bits per heavy atom. The summed E-state index contributed by atoms with van der Waals surface area (Å²) in [4.78, 5) is 11.5. The van der Waals surface area contributed by atoms with Crippen LogP contribution >= 0.6 is 15.9 Å². The van der Waals surface area contributed by atoms with Crippen LogP contribution in [-0.4, -0.2) is 34.8 Å². The van der Waals surface area contributed by atoms with Gasteiger partial charge < -0.3 is 10.0 Å². The SMILES string of the molecule is OCC1CCN(c2cc(Br)nc(C3CC3)n2)CC1. The van der Waals surface area contributed by atoms with Gasteiger partial charge in [-0.3, -0.25) is 0 Å². The number of aliphatic hydroxyl groups excluding tert-OH is 1. The maximum Gasteiger partial charge on any atom is 0.135 e. The number of aliphatic hydroxyl groups is 1. The van der Waals surface area contributed by atoms with Gasteiger partial charge >= 0.3 is 0 Å². The first-order valence-electron chi connectivity index (χ1n) is 6.66. The summed E-state index contributed by atoms with van der Waals surface area (Å²) in [7, 11) is 0. The highest BCUT2D eigenvalue weighted by Gasteiger charge is 2.28. The normalized spacial score (nSPS) is 21.3. The highest BCUT2D eigenvalue weighted by molar-refractivity contribution is 9.10. The lowest BCUT2D eigenvalue weighted by molar-refractivity contribution is 0.202. The zero-order valence-corrected chi connectivity index (χ0v) is 11.9. The third kappa shape index (κ3) is 2.67. The molecule has 3 rings (SSSR count). The molecule has 1 aliphatic carbocycles. The van der Waals surface area contributed by atoms with E-state index in [0.29, 0.717) is 18.4 Å². The van der Waals surface area contributed by atoms with Crippen LogP contribution in [0.4, 0.5) is 5.82 Å². The van der Waals surface area contributed by atoms with E-state index in [1.807, 2.05) is 6.07 Å². The highest BCUT2D eigenvalue weighted by Crippen LogP contribution is 2.39. The van der Waals surface area contributed by atoms with Gasteiger partial charge in [0.1, 0.15) is 16.2 Å². The molecule has 18 heavy (non-hydrogen) atoms. The lowest BCUT2D eigenvalue weighted by atomic mass is 9.98. The van der Waals surface area contributed by atoms with Gasteiger partial charge in [-0.1, -0.05) is 0 Å². The Bertz CT molecular complexity index is 428. The van der Waals surface area contributed by atoms with Crippen molar-refractivity contribution in [3.63, 3.8) is 0 Å². The van der Waals surface area contributed by atoms with Crippen LogP contribution in [0, 0.1) is 5.92 Å². The first kappa shape index (κ1) is 12.4. The van der Waals surface area contributed by atoms with Crippen molar-refractivity contribution in [3.05, 3.63) is 16.5 Å². The van der Waals surface area contributed by atoms with Gasteiger partial charge in [-0.2, -0.15) is 0 Å². The van der Waals surface area contributed by atoms with E-state index in [0.717, 1.165) is 42.2 Å². The molecule has 1 saturated carbocycles. The lowest BCUT2D eigenvalue weighted by Crippen LogP contribution is -2.35. The zero-order valence-electron chi connectivity index (χ0n) is 10.3. The highest BCUT2D eigenvalue weighted by atomic mass is 79.9. The van der Waals surface area contributed by atoms with Crippen LogP contribution in [0.3, 0.4) is 0 Å². The molecule has 0 radical (unpaired) electrons. The van der Waals surface area contributed by atoms with Gasteiger partial charge in [0.2, 0.25) is 0 Å². The topological polar surface area (TPSA) is 49.2 Å². The minimum atomic E-state index is 0.314. The van der Waals surface area contributed by atoms with Gasteiger partial charge in [0.15, 0.2) is 0 Å². The molecule has 4 nitrogen and oxygen atoms in total. The third-order valence-electron chi connectivity index (χ3n) is 3.84. The summed E-state index contributed by atoms with van der Waals surface area (Å²) in [5.74, 6) is 3.07. The molecule has 0 aromatic carbocycles. The molecule has 0 unspecified atom stereocenters. The predicted molar refractivity (Wildman–Crippen MR) is 73.7 cm³/mol. The van der Waals surface area contributed by atoms with E-state index in [2.05, 4.69) is 25.8 Å². The Morgan fingerprint density at radius 3 is 2.56 bits per heavy atom. The van der Waals surface area contributed by atoms with Crippen molar-refractivity contribution in [1.29, 1.82) is 0 Å². The number of halogens is 1. The molecule has 2 aliphatic rings. The largest absolute Gasteiger partial charge is 0.396 e. The van der Waals surface area contributed by atoms with Crippen molar-refractivity contribution in [3.8, 4) is 0 Å². The van der Waals surface area contributed by atoms with Gasteiger partial charge in [-0.05, 0) is 47.5 Å². The lowest BCUT2D eigenvalue weighted by Gasteiger charge is -2.32. The molecule has 1 aromatic heterocycles. The number of piperidine rings is 1. The molecule has 0 bridgehead atoms. The standard InChI is InChI=1S/C13H18BrN3O/c14-11-7-12(16-13(15-11)10-1-2-10)17-5-3-9(8-18)4-6-17/h7,9-10,18H,1-6,8H2. The molecule has 0 amide bonds. The average Bonchev–Trinajstić information content (AvgIpc) is 3.22. The van der Waals surface area contributed by atoms with Crippen molar-refractivity contribution in [2.24, 2.45) is 5.92 Å². The molecular formula is C13H18BrN3O. The fourth-order valence-electron chi connectivity index (χ4n) is 2.45. The van der Waals surface area contributed by atoms with Crippen molar-refractivity contribution >= 4 is 21.7 Å². The van der Waals surface area contributed by atoms with E-state index in [9.17, 15) is 0 Å². The molecule has 1 aliphatic heterocycles. The van der Waals surface area contributed by atoms with Crippen molar-refractivity contribution < 1.29 is 5.11 Å². The second kappa shape index (κ2) is 5.13. The number of anilines is 1. The maximum atomic E-state index is 9.17. The van der Waals surface area contributed by atoms with Crippen LogP contribution in [0.25, 0.3) is 0 Å².